The van der Waals surface area contributed by atoms with Crippen LogP contribution in [0.2, 0.25) is 0 Å². The summed E-state index contributed by atoms with van der Waals surface area (Å²) in [5.41, 5.74) is 1.69. The number of aromatic nitrogens is 3. The first-order valence-electron chi connectivity index (χ1n) is 9.04. The minimum Gasteiger partial charge on any atom is -0.338 e. The molecule has 3 aromatic rings. The molecule has 1 radical (unpaired) electrons. The van der Waals surface area contributed by atoms with Crippen LogP contribution >= 0.6 is 0 Å². The smallest absolute Gasteiger partial charge is 0.243 e. The van der Waals surface area contributed by atoms with Crippen LogP contribution in [-0.2, 0) is 16.4 Å². The maximum absolute atomic E-state index is 13.3. The first-order valence-corrected chi connectivity index (χ1v) is 10.5. The van der Waals surface area contributed by atoms with Crippen molar-refractivity contribution in [1.29, 1.82) is 0 Å². The van der Waals surface area contributed by atoms with Crippen LogP contribution in [0.4, 0.5) is 5.95 Å². The highest BCUT2D eigenvalue weighted by Gasteiger charge is 2.30. The molecular weight excluding hydrogens is 374 g/mol. The van der Waals surface area contributed by atoms with Gasteiger partial charge in [-0.15, -0.1) is 0 Å². The van der Waals surface area contributed by atoms with Gasteiger partial charge in [0.05, 0.1) is 4.90 Å². The van der Waals surface area contributed by atoms with Gasteiger partial charge in [0.15, 0.2) is 0 Å². The van der Waals surface area contributed by atoms with Gasteiger partial charge in [0.1, 0.15) is 0 Å². The summed E-state index contributed by atoms with van der Waals surface area (Å²) in [6, 6.07) is 13.6. The average molecular weight is 394 g/mol. The molecule has 4 rings (SSSR count). The molecule has 7 nitrogen and oxygen atoms in total. The summed E-state index contributed by atoms with van der Waals surface area (Å²) in [7, 11) is -3.59. The van der Waals surface area contributed by atoms with Crippen molar-refractivity contribution in [3.63, 3.8) is 0 Å². The van der Waals surface area contributed by atoms with Gasteiger partial charge in [-0.05, 0) is 41.5 Å². The summed E-state index contributed by atoms with van der Waals surface area (Å²) in [5, 5.41) is 0. The van der Waals surface area contributed by atoms with Gasteiger partial charge in [0.2, 0.25) is 16.0 Å². The van der Waals surface area contributed by atoms with Gasteiger partial charge in [-0.3, -0.25) is 4.98 Å². The lowest BCUT2D eigenvalue weighted by Gasteiger charge is -2.34. The summed E-state index contributed by atoms with van der Waals surface area (Å²) in [6.07, 6.45) is 7.33. The SMILES string of the molecule is O=S(=O)(c1cc[c]cc1Cc1cccnc1)N1CCN(c2ncccn2)CC1. The number of piperazine rings is 1. The van der Waals surface area contributed by atoms with Crippen molar-refractivity contribution >= 4 is 16.0 Å². The summed E-state index contributed by atoms with van der Waals surface area (Å²) in [5.74, 6) is 0.631. The first kappa shape index (κ1) is 18.5. The zero-order valence-corrected chi connectivity index (χ0v) is 16.1. The van der Waals surface area contributed by atoms with E-state index in [2.05, 4.69) is 21.0 Å². The Balaban J connectivity index is 1.53. The Morgan fingerprint density at radius 3 is 2.50 bits per heavy atom. The van der Waals surface area contributed by atoms with Crippen molar-refractivity contribution in [2.24, 2.45) is 0 Å². The summed E-state index contributed by atoms with van der Waals surface area (Å²) >= 11 is 0. The first-order chi connectivity index (χ1) is 13.6. The van der Waals surface area contributed by atoms with E-state index in [1.165, 1.54) is 4.31 Å². The summed E-state index contributed by atoms with van der Waals surface area (Å²) < 4.78 is 28.1. The van der Waals surface area contributed by atoms with Crippen molar-refractivity contribution < 1.29 is 8.42 Å². The number of benzene rings is 1. The van der Waals surface area contributed by atoms with Crippen LogP contribution in [-0.4, -0.2) is 53.9 Å². The van der Waals surface area contributed by atoms with Crippen molar-refractivity contribution in [3.05, 3.63) is 78.4 Å². The molecule has 143 valence electrons. The molecule has 28 heavy (non-hydrogen) atoms. The number of pyridine rings is 1. The average Bonchev–Trinajstić information content (AvgIpc) is 2.75. The Morgan fingerprint density at radius 1 is 1.00 bits per heavy atom. The number of sulfonamides is 1. The van der Waals surface area contributed by atoms with E-state index < -0.39 is 10.0 Å². The zero-order chi connectivity index (χ0) is 19.4. The van der Waals surface area contributed by atoms with Gasteiger partial charge in [-0.1, -0.05) is 12.1 Å². The Labute approximate surface area is 164 Å². The third kappa shape index (κ3) is 3.88. The highest BCUT2D eigenvalue weighted by molar-refractivity contribution is 7.89. The fourth-order valence-electron chi connectivity index (χ4n) is 3.29. The molecule has 0 bridgehead atoms. The number of anilines is 1. The topological polar surface area (TPSA) is 79.3 Å². The minimum atomic E-state index is -3.59. The molecule has 2 aromatic heterocycles. The highest BCUT2D eigenvalue weighted by Crippen LogP contribution is 2.24. The lowest BCUT2D eigenvalue weighted by atomic mass is 10.1. The number of rotatable bonds is 5. The Kier molecular flexibility index (Phi) is 5.31. The van der Waals surface area contributed by atoms with E-state index in [0.29, 0.717) is 43.4 Å². The number of hydrogen-bond acceptors (Lipinski definition) is 6. The molecule has 1 fully saturated rings. The zero-order valence-electron chi connectivity index (χ0n) is 15.3. The van der Waals surface area contributed by atoms with Crippen LogP contribution in [0.1, 0.15) is 11.1 Å². The lowest BCUT2D eigenvalue weighted by Crippen LogP contribution is -2.49. The molecule has 0 N–H and O–H groups in total. The van der Waals surface area contributed by atoms with Crippen LogP contribution in [0.25, 0.3) is 0 Å². The Morgan fingerprint density at radius 2 is 1.79 bits per heavy atom. The Bertz CT molecular complexity index is 1020. The lowest BCUT2D eigenvalue weighted by molar-refractivity contribution is 0.382. The van der Waals surface area contributed by atoms with Gasteiger partial charge >= 0.3 is 0 Å². The molecule has 1 saturated heterocycles. The molecule has 8 heteroatoms. The molecule has 1 aromatic carbocycles. The normalized spacial score (nSPS) is 15.5. The van der Waals surface area contributed by atoms with E-state index in [0.717, 1.165) is 11.1 Å². The second-order valence-electron chi connectivity index (χ2n) is 6.51. The molecule has 0 aliphatic carbocycles. The van der Waals surface area contributed by atoms with Gasteiger partial charge in [-0.25, -0.2) is 18.4 Å². The van der Waals surface area contributed by atoms with Crippen molar-refractivity contribution in [2.75, 3.05) is 31.1 Å². The van der Waals surface area contributed by atoms with E-state index in [-0.39, 0.29) is 0 Å². The third-order valence-corrected chi connectivity index (χ3v) is 6.71. The van der Waals surface area contributed by atoms with E-state index in [9.17, 15) is 8.42 Å². The second kappa shape index (κ2) is 8.04. The van der Waals surface area contributed by atoms with Crippen molar-refractivity contribution in [1.82, 2.24) is 19.3 Å². The van der Waals surface area contributed by atoms with Crippen molar-refractivity contribution in [3.8, 4) is 0 Å². The minimum absolute atomic E-state index is 0.333. The molecular formula is C20H20N5O2S. The maximum atomic E-state index is 13.3. The monoisotopic (exact) mass is 394 g/mol. The predicted octanol–water partition coefficient (Wildman–Crippen LogP) is 1.77. The summed E-state index contributed by atoms with van der Waals surface area (Å²) in [6.45, 7) is 1.90. The van der Waals surface area contributed by atoms with E-state index >= 15 is 0 Å². The van der Waals surface area contributed by atoms with Crippen LogP contribution in [0.15, 0.2) is 66.1 Å². The van der Waals surface area contributed by atoms with E-state index in [1.807, 2.05) is 17.0 Å². The molecule has 0 unspecified atom stereocenters. The van der Waals surface area contributed by atoms with E-state index in [1.54, 1.807) is 49.1 Å². The second-order valence-corrected chi connectivity index (χ2v) is 8.42. The predicted molar refractivity (Wildman–Crippen MR) is 105 cm³/mol. The number of hydrogen-bond donors (Lipinski definition) is 0. The van der Waals surface area contributed by atoms with Crippen LogP contribution in [0, 0.1) is 6.07 Å². The molecule has 0 spiro atoms. The third-order valence-electron chi connectivity index (χ3n) is 4.71. The molecule has 0 amide bonds. The standard InChI is InChI=1S/C20H20N5O2S/c26-28(27,25-13-11-24(12-14-25)20-22-9-4-10-23-20)19-7-2-1-6-18(19)15-17-5-3-8-21-16-17/h2-10,16H,11-15H2. The van der Waals surface area contributed by atoms with Crippen LogP contribution in [0.3, 0.4) is 0 Å². The quantitative estimate of drug-likeness (QED) is 0.656. The molecule has 0 saturated carbocycles. The largest absolute Gasteiger partial charge is 0.338 e. The van der Waals surface area contributed by atoms with Crippen LogP contribution < -0.4 is 4.90 Å². The van der Waals surface area contributed by atoms with Gasteiger partial charge in [-0.2, -0.15) is 4.31 Å². The van der Waals surface area contributed by atoms with Gasteiger partial charge in [0, 0.05) is 57.4 Å². The van der Waals surface area contributed by atoms with E-state index in [4.69, 9.17) is 0 Å². The summed E-state index contributed by atoms with van der Waals surface area (Å²) in [4.78, 5) is 14.9. The molecule has 1 aliphatic heterocycles. The fraction of sp³-hybridized carbons (Fsp3) is 0.250. The molecule has 1 aliphatic rings. The van der Waals surface area contributed by atoms with Gasteiger partial charge < -0.3 is 4.90 Å². The highest BCUT2D eigenvalue weighted by atomic mass is 32.2. The number of nitrogens with zero attached hydrogens (tertiary/aromatic N) is 5. The van der Waals surface area contributed by atoms with Gasteiger partial charge in [0.25, 0.3) is 0 Å². The maximum Gasteiger partial charge on any atom is 0.243 e. The van der Waals surface area contributed by atoms with Crippen LogP contribution in [0.5, 0.6) is 0 Å². The Hall–Kier alpha value is -2.84. The molecule has 0 atom stereocenters. The molecule has 3 heterocycles. The fourth-order valence-corrected chi connectivity index (χ4v) is 4.91. The van der Waals surface area contributed by atoms with Crippen molar-refractivity contribution in [2.45, 2.75) is 11.3 Å².